The van der Waals surface area contributed by atoms with Gasteiger partial charge in [-0.1, -0.05) is 38.7 Å². The second kappa shape index (κ2) is 9.03. The minimum absolute atomic E-state index is 0.0855. The molecule has 2 aromatic carbocycles. The maximum Gasteiger partial charge on any atom is 0.163 e. The number of azide groups is 1. The minimum atomic E-state index is -1.08. The Balaban J connectivity index is 2.48. The standard InChI is InChI=1S/C18H11BrClN5O/c19-13-3-6-17(24-25-23)16(7-13)15(12(9-21)10-22)8-18(26)11-1-4-14(20)5-2-11/h1-7,12,15H,8H2. The molecule has 0 amide bonds. The van der Waals surface area contributed by atoms with Gasteiger partial charge in [0, 0.05) is 38.0 Å². The first-order chi connectivity index (χ1) is 12.5. The van der Waals surface area contributed by atoms with Crippen LogP contribution in [0.5, 0.6) is 0 Å². The fourth-order valence-electron chi connectivity index (χ4n) is 2.53. The highest BCUT2D eigenvalue weighted by Crippen LogP contribution is 2.37. The van der Waals surface area contributed by atoms with Crippen LogP contribution in [0.15, 0.2) is 52.1 Å². The first-order valence-electron chi connectivity index (χ1n) is 7.42. The Morgan fingerprint density at radius 3 is 2.46 bits per heavy atom. The molecule has 2 rings (SSSR count). The smallest absolute Gasteiger partial charge is 0.163 e. The highest BCUT2D eigenvalue weighted by Gasteiger charge is 2.28. The van der Waals surface area contributed by atoms with Crippen LogP contribution >= 0.6 is 27.5 Å². The molecular formula is C18H11BrClN5O. The van der Waals surface area contributed by atoms with Crippen LogP contribution < -0.4 is 0 Å². The summed E-state index contributed by atoms with van der Waals surface area (Å²) in [6, 6.07) is 15.1. The summed E-state index contributed by atoms with van der Waals surface area (Å²) < 4.78 is 0.683. The first-order valence-corrected chi connectivity index (χ1v) is 8.59. The van der Waals surface area contributed by atoms with E-state index >= 15 is 0 Å². The Hall–Kier alpha value is -2.83. The molecule has 0 saturated carbocycles. The summed E-state index contributed by atoms with van der Waals surface area (Å²) in [7, 11) is 0. The van der Waals surface area contributed by atoms with E-state index in [0.29, 0.717) is 20.6 Å². The summed E-state index contributed by atoms with van der Waals surface area (Å²) in [5, 5.41) is 22.8. The van der Waals surface area contributed by atoms with E-state index in [1.165, 1.54) is 0 Å². The van der Waals surface area contributed by atoms with E-state index in [4.69, 9.17) is 17.1 Å². The number of nitriles is 2. The molecule has 2 aromatic rings. The summed E-state index contributed by atoms with van der Waals surface area (Å²) in [6.07, 6.45) is -0.0855. The molecule has 0 bridgehead atoms. The molecule has 6 nitrogen and oxygen atoms in total. The van der Waals surface area contributed by atoms with Crippen molar-refractivity contribution in [3.8, 4) is 12.1 Å². The van der Waals surface area contributed by atoms with Crippen molar-refractivity contribution < 1.29 is 4.79 Å². The fraction of sp³-hybridized carbons (Fsp3) is 0.167. The van der Waals surface area contributed by atoms with E-state index in [-0.39, 0.29) is 17.9 Å². The molecule has 0 aliphatic carbocycles. The van der Waals surface area contributed by atoms with E-state index < -0.39 is 11.8 Å². The SMILES string of the molecule is N#CC(C#N)C(CC(=O)c1ccc(Cl)cc1)c1cc(Br)ccc1N=[N+]=[N-]. The molecule has 0 radical (unpaired) electrons. The summed E-state index contributed by atoms with van der Waals surface area (Å²) >= 11 is 9.16. The zero-order chi connectivity index (χ0) is 19.1. The number of carbonyl (C=O) groups excluding carboxylic acids is 1. The van der Waals surface area contributed by atoms with Gasteiger partial charge >= 0.3 is 0 Å². The van der Waals surface area contributed by atoms with Crippen LogP contribution in [-0.4, -0.2) is 5.78 Å². The van der Waals surface area contributed by atoms with Crippen molar-refractivity contribution in [2.24, 2.45) is 11.0 Å². The predicted octanol–water partition coefficient (Wildman–Crippen LogP) is 6.06. The van der Waals surface area contributed by atoms with Crippen molar-refractivity contribution in [3.63, 3.8) is 0 Å². The molecule has 0 aromatic heterocycles. The Morgan fingerprint density at radius 2 is 1.88 bits per heavy atom. The predicted molar refractivity (Wildman–Crippen MR) is 101 cm³/mol. The Morgan fingerprint density at radius 1 is 1.23 bits per heavy atom. The van der Waals surface area contributed by atoms with Crippen LogP contribution in [0.2, 0.25) is 5.02 Å². The average Bonchev–Trinajstić information content (AvgIpc) is 2.64. The lowest BCUT2D eigenvalue weighted by Crippen LogP contribution is -2.15. The molecule has 0 spiro atoms. The maximum absolute atomic E-state index is 12.7. The maximum atomic E-state index is 12.7. The summed E-state index contributed by atoms with van der Waals surface area (Å²) in [6.45, 7) is 0. The molecule has 0 N–H and O–H groups in total. The molecule has 0 saturated heterocycles. The van der Waals surface area contributed by atoms with Crippen LogP contribution in [0.3, 0.4) is 0 Å². The number of halogens is 2. The van der Waals surface area contributed by atoms with E-state index in [0.717, 1.165) is 0 Å². The fourth-order valence-corrected chi connectivity index (χ4v) is 3.04. The Bertz CT molecular complexity index is 941. The van der Waals surface area contributed by atoms with Crippen LogP contribution in [-0.2, 0) is 0 Å². The average molecular weight is 429 g/mol. The van der Waals surface area contributed by atoms with Gasteiger partial charge < -0.3 is 0 Å². The van der Waals surface area contributed by atoms with Crippen molar-refractivity contribution in [2.75, 3.05) is 0 Å². The number of benzene rings is 2. The van der Waals surface area contributed by atoms with Crippen molar-refractivity contribution in [3.05, 3.63) is 73.5 Å². The quantitative estimate of drug-likeness (QED) is 0.241. The summed E-state index contributed by atoms with van der Waals surface area (Å²) in [4.78, 5) is 15.4. The lowest BCUT2D eigenvalue weighted by Gasteiger charge is -2.19. The molecule has 1 atom stereocenters. The van der Waals surface area contributed by atoms with E-state index in [2.05, 4.69) is 26.0 Å². The third kappa shape index (κ3) is 4.62. The zero-order valence-electron chi connectivity index (χ0n) is 13.3. The van der Waals surface area contributed by atoms with Gasteiger partial charge in [-0.15, -0.1) is 0 Å². The van der Waals surface area contributed by atoms with E-state index in [1.54, 1.807) is 42.5 Å². The van der Waals surface area contributed by atoms with Gasteiger partial charge in [0.05, 0.1) is 12.1 Å². The molecular weight excluding hydrogens is 418 g/mol. The minimum Gasteiger partial charge on any atom is -0.294 e. The number of ketones is 1. The van der Waals surface area contributed by atoms with Gasteiger partial charge in [-0.2, -0.15) is 10.5 Å². The van der Waals surface area contributed by atoms with Crippen LogP contribution in [0, 0.1) is 28.6 Å². The van der Waals surface area contributed by atoms with Gasteiger partial charge in [-0.25, -0.2) is 0 Å². The topological polar surface area (TPSA) is 113 Å². The largest absolute Gasteiger partial charge is 0.294 e. The van der Waals surface area contributed by atoms with Crippen molar-refractivity contribution in [2.45, 2.75) is 12.3 Å². The second-order valence-electron chi connectivity index (χ2n) is 5.37. The third-order valence-corrected chi connectivity index (χ3v) is 4.54. The number of rotatable bonds is 6. The number of carbonyl (C=O) groups is 1. The van der Waals surface area contributed by atoms with Gasteiger partial charge in [-0.05, 0) is 47.5 Å². The van der Waals surface area contributed by atoms with Gasteiger partial charge in [0.2, 0.25) is 0 Å². The molecule has 128 valence electrons. The Kier molecular flexibility index (Phi) is 6.77. The van der Waals surface area contributed by atoms with E-state index in [1.807, 2.05) is 12.1 Å². The lowest BCUT2D eigenvalue weighted by atomic mass is 9.82. The van der Waals surface area contributed by atoms with Crippen LogP contribution in [0.4, 0.5) is 5.69 Å². The molecule has 0 fully saturated rings. The Labute approximate surface area is 163 Å². The van der Waals surface area contributed by atoms with Gasteiger partial charge in [0.1, 0.15) is 5.92 Å². The van der Waals surface area contributed by atoms with Crippen LogP contribution in [0.1, 0.15) is 28.3 Å². The second-order valence-corrected chi connectivity index (χ2v) is 6.72. The molecule has 1 unspecified atom stereocenters. The normalized spacial score (nSPS) is 11.1. The van der Waals surface area contributed by atoms with Gasteiger partial charge in [-0.3, -0.25) is 4.79 Å². The molecule has 26 heavy (non-hydrogen) atoms. The van der Waals surface area contributed by atoms with Crippen LogP contribution in [0.25, 0.3) is 10.4 Å². The van der Waals surface area contributed by atoms with E-state index in [9.17, 15) is 15.3 Å². The summed E-state index contributed by atoms with van der Waals surface area (Å²) in [5.74, 6) is -2.06. The lowest BCUT2D eigenvalue weighted by molar-refractivity contribution is 0.0971. The molecule has 0 heterocycles. The third-order valence-electron chi connectivity index (χ3n) is 3.79. The first kappa shape index (κ1) is 19.5. The highest BCUT2D eigenvalue weighted by atomic mass is 79.9. The number of hydrogen-bond donors (Lipinski definition) is 0. The summed E-state index contributed by atoms with van der Waals surface area (Å²) in [5.41, 5.74) is 9.94. The molecule has 0 aliphatic rings. The van der Waals surface area contributed by atoms with Crippen molar-refractivity contribution in [1.29, 1.82) is 10.5 Å². The van der Waals surface area contributed by atoms with Gasteiger partial charge in [0.15, 0.2) is 5.78 Å². The van der Waals surface area contributed by atoms with Gasteiger partial charge in [0.25, 0.3) is 0 Å². The molecule has 0 aliphatic heterocycles. The number of nitrogens with zero attached hydrogens (tertiary/aromatic N) is 5. The number of Topliss-reactive ketones (excluding diaryl/α,β-unsaturated/α-hetero) is 1. The molecule has 8 heteroatoms. The zero-order valence-corrected chi connectivity index (χ0v) is 15.6. The van der Waals surface area contributed by atoms with Crippen molar-refractivity contribution in [1.82, 2.24) is 0 Å². The highest BCUT2D eigenvalue weighted by molar-refractivity contribution is 9.10. The number of hydrogen-bond acceptors (Lipinski definition) is 4. The monoisotopic (exact) mass is 427 g/mol. The van der Waals surface area contributed by atoms with Crippen molar-refractivity contribution >= 4 is 39.0 Å².